The number of hydrogen-bond acceptors (Lipinski definition) is 5. The van der Waals surface area contributed by atoms with Crippen molar-refractivity contribution in [1.29, 1.82) is 0 Å². The second-order valence-electron chi connectivity index (χ2n) is 8.81. The average Bonchev–Trinajstić information content (AvgIpc) is 2.75. The Morgan fingerprint density at radius 2 is 1.50 bits per heavy atom. The minimum absolute atomic E-state index is 0.0554. The molecule has 0 amide bonds. The first-order chi connectivity index (χ1) is 13.0. The van der Waals surface area contributed by atoms with Crippen molar-refractivity contribution in [2.24, 2.45) is 0 Å². The van der Waals surface area contributed by atoms with Crippen LogP contribution in [0.3, 0.4) is 0 Å². The summed E-state index contributed by atoms with van der Waals surface area (Å²) in [7, 11) is -2.03. The summed E-state index contributed by atoms with van der Waals surface area (Å²) in [5.74, 6) is -0.701. The average molecular weight is 405 g/mol. The summed E-state index contributed by atoms with van der Waals surface area (Å²) >= 11 is 0. The molecule has 1 aliphatic carbocycles. The van der Waals surface area contributed by atoms with E-state index in [0.717, 1.165) is 0 Å². The Bertz CT molecular complexity index is 705. The number of hydrogen-bond donors (Lipinski definition) is 0. The summed E-state index contributed by atoms with van der Waals surface area (Å²) < 4.78 is 17.7. The van der Waals surface area contributed by atoms with Crippen molar-refractivity contribution in [3.8, 4) is 0 Å². The van der Waals surface area contributed by atoms with E-state index in [4.69, 9.17) is 13.9 Å². The van der Waals surface area contributed by atoms with Gasteiger partial charge in [-0.05, 0) is 42.4 Å². The Morgan fingerprint density at radius 1 is 0.964 bits per heavy atom. The Labute approximate surface area is 169 Å². The van der Waals surface area contributed by atoms with E-state index in [1.165, 1.54) is 6.92 Å². The molecule has 28 heavy (non-hydrogen) atoms. The second-order valence-corrected chi connectivity index (χ2v) is 13.6. The van der Waals surface area contributed by atoms with Crippen molar-refractivity contribution < 1.29 is 23.5 Å². The highest BCUT2D eigenvalue weighted by Gasteiger charge is 2.40. The number of ether oxygens (including phenoxy) is 2. The molecular weight excluding hydrogens is 372 g/mol. The standard InChI is InChI=1S/C22H32O5Si/c1-16(23)25-18-12-13-19(26-21(24)17-10-8-7-9-11-17)15-20(14-18)27-28(5,6)22(2,3)4/h7-13,18-20H,14-15H2,1-6H3/t18-,19+,20-/m1/s1. The van der Waals surface area contributed by atoms with E-state index in [1.807, 2.05) is 12.1 Å². The molecule has 0 bridgehead atoms. The van der Waals surface area contributed by atoms with Crippen LogP contribution in [0.25, 0.3) is 0 Å². The highest BCUT2D eigenvalue weighted by molar-refractivity contribution is 6.74. The molecule has 1 aliphatic rings. The fourth-order valence-corrected chi connectivity index (χ4v) is 4.26. The highest BCUT2D eigenvalue weighted by Crippen LogP contribution is 2.39. The van der Waals surface area contributed by atoms with Crippen LogP contribution < -0.4 is 0 Å². The zero-order chi connectivity index (χ0) is 20.9. The number of esters is 2. The number of carbonyl (C=O) groups excluding carboxylic acids is 2. The summed E-state index contributed by atoms with van der Waals surface area (Å²) in [6, 6.07) is 8.93. The van der Waals surface area contributed by atoms with Gasteiger partial charge in [0.05, 0.1) is 11.7 Å². The predicted octanol–water partition coefficient (Wildman–Crippen LogP) is 4.88. The fourth-order valence-electron chi connectivity index (χ4n) is 2.88. The third-order valence-corrected chi connectivity index (χ3v) is 9.92. The first-order valence-corrected chi connectivity index (χ1v) is 12.7. The second kappa shape index (κ2) is 9.05. The molecule has 1 aromatic carbocycles. The van der Waals surface area contributed by atoms with Crippen LogP contribution in [0.1, 0.15) is 50.9 Å². The van der Waals surface area contributed by atoms with Crippen LogP contribution in [0.5, 0.6) is 0 Å². The first kappa shape index (κ1) is 22.4. The summed E-state index contributed by atoms with van der Waals surface area (Å²) in [4.78, 5) is 23.9. The molecule has 0 saturated heterocycles. The van der Waals surface area contributed by atoms with Crippen molar-refractivity contribution in [3.05, 3.63) is 48.0 Å². The van der Waals surface area contributed by atoms with E-state index < -0.39 is 14.4 Å². The molecule has 0 aliphatic heterocycles. The predicted molar refractivity (Wildman–Crippen MR) is 112 cm³/mol. The Morgan fingerprint density at radius 3 is 2.00 bits per heavy atom. The molecule has 0 N–H and O–H groups in total. The van der Waals surface area contributed by atoms with Crippen LogP contribution in [-0.2, 0) is 18.7 Å². The molecule has 0 heterocycles. The zero-order valence-corrected chi connectivity index (χ0v) is 18.7. The lowest BCUT2D eigenvalue weighted by atomic mass is 10.1. The first-order valence-electron chi connectivity index (χ1n) is 9.77. The lowest BCUT2D eigenvalue weighted by molar-refractivity contribution is -0.145. The minimum atomic E-state index is -2.03. The van der Waals surface area contributed by atoms with Gasteiger partial charge in [-0.3, -0.25) is 4.79 Å². The van der Waals surface area contributed by atoms with Crippen molar-refractivity contribution in [3.63, 3.8) is 0 Å². The van der Waals surface area contributed by atoms with Crippen LogP contribution in [0.2, 0.25) is 18.1 Å². The van der Waals surface area contributed by atoms with Crippen LogP contribution in [0, 0.1) is 0 Å². The van der Waals surface area contributed by atoms with Gasteiger partial charge in [0.1, 0.15) is 12.2 Å². The van der Waals surface area contributed by atoms with Gasteiger partial charge in [-0.1, -0.05) is 39.0 Å². The van der Waals surface area contributed by atoms with Gasteiger partial charge < -0.3 is 13.9 Å². The molecule has 0 radical (unpaired) electrons. The quantitative estimate of drug-likeness (QED) is 0.397. The maximum atomic E-state index is 12.5. The van der Waals surface area contributed by atoms with Gasteiger partial charge in [0.15, 0.2) is 8.32 Å². The van der Waals surface area contributed by atoms with E-state index >= 15 is 0 Å². The van der Waals surface area contributed by atoms with E-state index in [9.17, 15) is 9.59 Å². The lowest BCUT2D eigenvalue weighted by Crippen LogP contribution is -2.45. The van der Waals surface area contributed by atoms with Gasteiger partial charge in [-0.2, -0.15) is 0 Å². The number of rotatable bonds is 5. The fraction of sp³-hybridized carbons (Fsp3) is 0.545. The van der Waals surface area contributed by atoms with Crippen LogP contribution >= 0.6 is 0 Å². The lowest BCUT2D eigenvalue weighted by Gasteiger charge is -2.40. The molecule has 6 heteroatoms. The Kier molecular flexibility index (Phi) is 7.23. The molecule has 1 aromatic rings. The van der Waals surface area contributed by atoms with Gasteiger partial charge in [-0.15, -0.1) is 0 Å². The normalized spacial score (nSPS) is 23.0. The number of carbonyl (C=O) groups is 2. The van der Waals surface area contributed by atoms with Gasteiger partial charge in [-0.25, -0.2) is 4.79 Å². The Hall–Kier alpha value is -1.92. The molecule has 0 aromatic heterocycles. The molecule has 0 saturated carbocycles. The van der Waals surface area contributed by atoms with Crippen LogP contribution in [0.15, 0.2) is 42.5 Å². The molecule has 0 spiro atoms. The van der Waals surface area contributed by atoms with Crippen molar-refractivity contribution in [2.75, 3.05) is 0 Å². The van der Waals surface area contributed by atoms with Crippen molar-refractivity contribution in [1.82, 2.24) is 0 Å². The summed E-state index contributed by atoms with van der Waals surface area (Å²) in [5.41, 5.74) is 0.513. The van der Waals surface area contributed by atoms with Crippen molar-refractivity contribution >= 4 is 20.3 Å². The maximum absolute atomic E-state index is 12.5. The third kappa shape index (κ3) is 6.31. The van der Waals surface area contributed by atoms with Crippen LogP contribution in [0.4, 0.5) is 0 Å². The molecule has 154 valence electrons. The SMILES string of the molecule is CC(=O)O[C@@H]1C=C[C@H](OC(=O)c2ccccc2)C[C@H](O[Si](C)(C)C(C)(C)C)C1. The molecule has 3 atom stereocenters. The van der Waals surface area contributed by atoms with Gasteiger partial charge in [0, 0.05) is 19.8 Å². The molecular formula is C22H32O5Si. The van der Waals surface area contributed by atoms with Crippen LogP contribution in [-0.4, -0.2) is 38.6 Å². The number of benzene rings is 1. The summed E-state index contributed by atoms with van der Waals surface area (Å²) in [6.45, 7) is 12.3. The highest BCUT2D eigenvalue weighted by atomic mass is 28.4. The molecule has 0 unspecified atom stereocenters. The van der Waals surface area contributed by atoms with Crippen molar-refractivity contribution in [2.45, 2.75) is 77.0 Å². The smallest absolute Gasteiger partial charge is 0.338 e. The Balaban J connectivity index is 2.16. The monoisotopic (exact) mass is 404 g/mol. The molecule has 0 fully saturated rings. The van der Waals surface area contributed by atoms with E-state index in [0.29, 0.717) is 18.4 Å². The molecule has 2 rings (SSSR count). The van der Waals surface area contributed by atoms with E-state index in [1.54, 1.807) is 30.3 Å². The largest absolute Gasteiger partial charge is 0.458 e. The summed E-state index contributed by atoms with van der Waals surface area (Å²) in [5, 5.41) is 0.0554. The topological polar surface area (TPSA) is 61.8 Å². The van der Waals surface area contributed by atoms with Gasteiger partial charge in [0.25, 0.3) is 0 Å². The summed E-state index contributed by atoms with van der Waals surface area (Å²) in [6.07, 6.45) is 3.74. The van der Waals surface area contributed by atoms with E-state index in [2.05, 4.69) is 33.9 Å². The van der Waals surface area contributed by atoms with E-state index in [-0.39, 0.29) is 29.2 Å². The van der Waals surface area contributed by atoms with Gasteiger partial charge in [0.2, 0.25) is 0 Å². The third-order valence-electron chi connectivity index (χ3n) is 5.38. The minimum Gasteiger partial charge on any atom is -0.458 e. The zero-order valence-electron chi connectivity index (χ0n) is 17.7. The van der Waals surface area contributed by atoms with Gasteiger partial charge >= 0.3 is 11.9 Å². The molecule has 5 nitrogen and oxygen atoms in total. The maximum Gasteiger partial charge on any atom is 0.338 e.